The molecule has 0 bridgehead atoms. The molecular formula is C26H28ClN5O2S. The van der Waals surface area contributed by atoms with Gasteiger partial charge in [0.05, 0.1) is 0 Å². The van der Waals surface area contributed by atoms with Gasteiger partial charge in [-0.15, -0.1) is 0 Å². The van der Waals surface area contributed by atoms with E-state index in [1.54, 1.807) is 22.8 Å². The van der Waals surface area contributed by atoms with E-state index in [9.17, 15) is 9.59 Å². The second-order valence-electron chi connectivity index (χ2n) is 8.46. The fourth-order valence-electron chi connectivity index (χ4n) is 3.93. The van der Waals surface area contributed by atoms with Crippen molar-refractivity contribution in [2.45, 2.75) is 24.4 Å². The van der Waals surface area contributed by atoms with E-state index in [1.807, 2.05) is 54.4 Å². The van der Waals surface area contributed by atoms with E-state index < -0.39 is 0 Å². The predicted octanol–water partition coefficient (Wildman–Crippen LogP) is 4.36. The quantitative estimate of drug-likeness (QED) is 0.268. The Kier molecular flexibility index (Phi) is 8.25. The predicted molar refractivity (Wildman–Crippen MR) is 140 cm³/mol. The normalized spacial score (nSPS) is 13.6. The minimum Gasteiger partial charge on any atom is -0.355 e. The minimum absolute atomic E-state index is 0.0103. The van der Waals surface area contributed by atoms with Gasteiger partial charge in [0.1, 0.15) is 11.0 Å². The molecule has 0 saturated carbocycles. The smallest absolute Gasteiger partial charge is 0.253 e. The molecule has 0 spiro atoms. The molecule has 182 valence electrons. The highest BCUT2D eigenvalue weighted by molar-refractivity contribution is 7.98. The number of thioether (sulfide) groups is 1. The third-order valence-corrected chi connectivity index (χ3v) is 6.98. The molecule has 0 atom stereocenters. The largest absolute Gasteiger partial charge is 0.355 e. The number of carbonyl (C=O) groups is 2. The Hall–Kier alpha value is -3.10. The van der Waals surface area contributed by atoms with Crippen LogP contribution in [0.2, 0.25) is 5.15 Å². The molecule has 1 aromatic heterocycles. The van der Waals surface area contributed by atoms with Crippen molar-refractivity contribution in [3.63, 3.8) is 0 Å². The molecule has 9 heteroatoms. The molecule has 35 heavy (non-hydrogen) atoms. The summed E-state index contributed by atoms with van der Waals surface area (Å²) in [4.78, 5) is 39.2. The first-order chi connectivity index (χ1) is 16.9. The Morgan fingerprint density at radius 1 is 0.943 bits per heavy atom. The maximum atomic E-state index is 13.0. The van der Waals surface area contributed by atoms with Crippen LogP contribution in [0.5, 0.6) is 0 Å². The number of carbonyl (C=O) groups excluding carboxylic acids is 2. The van der Waals surface area contributed by atoms with Crippen molar-refractivity contribution < 1.29 is 9.59 Å². The summed E-state index contributed by atoms with van der Waals surface area (Å²) in [5.74, 6) is 1.41. The molecule has 4 rings (SSSR count). The van der Waals surface area contributed by atoms with Gasteiger partial charge in [0.2, 0.25) is 5.91 Å². The number of hydrogen-bond acceptors (Lipinski definition) is 6. The second-order valence-corrected chi connectivity index (χ2v) is 9.79. The summed E-state index contributed by atoms with van der Waals surface area (Å²) in [5.41, 5.74) is 2.84. The molecule has 1 aliphatic heterocycles. The molecule has 2 heterocycles. The first-order valence-electron chi connectivity index (χ1n) is 11.5. The lowest BCUT2D eigenvalue weighted by molar-refractivity contribution is -0.130. The van der Waals surface area contributed by atoms with Gasteiger partial charge in [-0.3, -0.25) is 9.59 Å². The lowest BCUT2D eigenvalue weighted by Gasteiger charge is -2.34. The summed E-state index contributed by atoms with van der Waals surface area (Å²) in [6.45, 7) is 4.52. The van der Waals surface area contributed by atoms with Crippen LogP contribution in [-0.4, -0.2) is 64.8 Å². The highest BCUT2D eigenvalue weighted by Gasteiger charge is 2.23. The number of aromatic nitrogens is 2. The van der Waals surface area contributed by atoms with Gasteiger partial charge in [-0.1, -0.05) is 65.8 Å². The summed E-state index contributed by atoms with van der Waals surface area (Å²) in [6, 6.07) is 19.6. The first-order valence-corrected chi connectivity index (χ1v) is 12.8. The molecule has 2 amide bonds. The monoisotopic (exact) mass is 509 g/mol. The SMILES string of the molecule is CC(=O)N1CCN(C(=O)c2cccc(CSc3nc(Cl)cc(N(C)Cc4ccccc4)n3)c2)CC1. The minimum atomic E-state index is -0.0103. The molecule has 7 nitrogen and oxygen atoms in total. The Balaban J connectivity index is 1.39. The average Bonchev–Trinajstić information content (AvgIpc) is 2.87. The van der Waals surface area contributed by atoms with E-state index >= 15 is 0 Å². The van der Waals surface area contributed by atoms with E-state index in [1.165, 1.54) is 17.3 Å². The fraction of sp³-hybridized carbons (Fsp3) is 0.308. The van der Waals surface area contributed by atoms with Gasteiger partial charge in [-0.05, 0) is 23.3 Å². The van der Waals surface area contributed by atoms with Crippen LogP contribution in [0, 0.1) is 0 Å². The topological polar surface area (TPSA) is 69.6 Å². The third kappa shape index (κ3) is 6.74. The second kappa shape index (κ2) is 11.6. The molecule has 2 aromatic carbocycles. The molecule has 3 aromatic rings. The van der Waals surface area contributed by atoms with Crippen molar-refractivity contribution >= 4 is 41.0 Å². The highest BCUT2D eigenvalue weighted by atomic mass is 35.5. The maximum Gasteiger partial charge on any atom is 0.253 e. The van der Waals surface area contributed by atoms with Crippen molar-refractivity contribution in [1.29, 1.82) is 0 Å². The van der Waals surface area contributed by atoms with Crippen molar-refractivity contribution in [2.75, 3.05) is 38.1 Å². The van der Waals surface area contributed by atoms with E-state index in [2.05, 4.69) is 22.1 Å². The van der Waals surface area contributed by atoms with Crippen LogP contribution in [0.4, 0.5) is 5.82 Å². The number of rotatable bonds is 7. The van der Waals surface area contributed by atoms with Crippen molar-refractivity contribution in [3.8, 4) is 0 Å². The fourth-order valence-corrected chi connectivity index (χ4v) is 4.96. The number of piperazine rings is 1. The number of hydrogen-bond donors (Lipinski definition) is 0. The van der Waals surface area contributed by atoms with E-state index in [-0.39, 0.29) is 11.8 Å². The van der Waals surface area contributed by atoms with Crippen molar-refractivity contribution in [1.82, 2.24) is 19.8 Å². The summed E-state index contributed by atoms with van der Waals surface area (Å²) in [5, 5.41) is 0.982. The van der Waals surface area contributed by atoms with Gasteiger partial charge in [-0.25, -0.2) is 9.97 Å². The van der Waals surface area contributed by atoms with Gasteiger partial charge >= 0.3 is 0 Å². The third-order valence-electron chi connectivity index (χ3n) is 5.87. The number of benzene rings is 2. The van der Waals surface area contributed by atoms with Gasteiger partial charge in [0, 0.05) is 64.1 Å². The van der Waals surface area contributed by atoms with Crippen LogP contribution >= 0.6 is 23.4 Å². The molecule has 0 aliphatic carbocycles. The Morgan fingerprint density at radius 2 is 1.63 bits per heavy atom. The molecule has 0 N–H and O–H groups in total. The van der Waals surface area contributed by atoms with Crippen LogP contribution < -0.4 is 4.90 Å². The molecule has 0 radical (unpaired) electrons. The number of amides is 2. The maximum absolute atomic E-state index is 13.0. The van der Waals surface area contributed by atoms with Crippen LogP contribution in [-0.2, 0) is 17.1 Å². The molecular weight excluding hydrogens is 482 g/mol. The number of nitrogens with zero attached hydrogens (tertiary/aromatic N) is 5. The van der Waals surface area contributed by atoms with Crippen LogP contribution in [0.15, 0.2) is 65.8 Å². The summed E-state index contributed by atoms with van der Waals surface area (Å²) in [6.07, 6.45) is 0. The number of anilines is 1. The van der Waals surface area contributed by atoms with Crippen molar-refractivity contribution in [2.24, 2.45) is 0 Å². The van der Waals surface area contributed by atoms with E-state index in [0.717, 1.165) is 11.4 Å². The molecule has 1 saturated heterocycles. The molecule has 1 aliphatic rings. The lowest BCUT2D eigenvalue weighted by Crippen LogP contribution is -2.50. The summed E-state index contributed by atoms with van der Waals surface area (Å²) in [7, 11) is 1.98. The van der Waals surface area contributed by atoms with Crippen molar-refractivity contribution in [3.05, 3.63) is 82.5 Å². The number of halogens is 1. The Labute approximate surface area is 215 Å². The molecule has 0 unspecified atom stereocenters. The lowest BCUT2D eigenvalue weighted by atomic mass is 10.1. The van der Waals surface area contributed by atoms with E-state index in [4.69, 9.17) is 11.6 Å². The zero-order valence-electron chi connectivity index (χ0n) is 19.9. The van der Waals surface area contributed by atoms with Gasteiger partial charge in [0.25, 0.3) is 5.91 Å². The van der Waals surface area contributed by atoms with E-state index in [0.29, 0.717) is 54.3 Å². The first kappa shape index (κ1) is 25.0. The molecule has 1 fully saturated rings. The highest BCUT2D eigenvalue weighted by Crippen LogP contribution is 2.25. The van der Waals surface area contributed by atoms with Gasteiger partial charge in [0.15, 0.2) is 5.16 Å². The summed E-state index contributed by atoms with van der Waals surface area (Å²) < 4.78 is 0. The van der Waals surface area contributed by atoms with Crippen LogP contribution in [0.3, 0.4) is 0 Å². The zero-order chi connectivity index (χ0) is 24.8. The summed E-state index contributed by atoms with van der Waals surface area (Å²) >= 11 is 7.78. The van der Waals surface area contributed by atoms with Crippen LogP contribution in [0.1, 0.15) is 28.4 Å². The average molecular weight is 510 g/mol. The van der Waals surface area contributed by atoms with Gasteiger partial charge < -0.3 is 14.7 Å². The van der Waals surface area contributed by atoms with Crippen LogP contribution in [0.25, 0.3) is 0 Å². The Morgan fingerprint density at radius 3 is 2.34 bits per heavy atom. The van der Waals surface area contributed by atoms with Gasteiger partial charge in [-0.2, -0.15) is 0 Å². The zero-order valence-corrected chi connectivity index (χ0v) is 21.4. The Bertz CT molecular complexity index is 1190. The standard InChI is InChI=1S/C26H28ClN5O2S/c1-19(33)31-11-13-32(14-12-31)25(34)22-10-6-9-21(15-22)18-35-26-28-23(27)16-24(29-26)30(2)17-20-7-4-3-5-8-20/h3-10,15-16H,11-14,17-18H2,1-2H3.